The number of benzene rings is 2. The van der Waals surface area contributed by atoms with Crippen molar-refractivity contribution < 1.29 is 13.2 Å². The van der Waals surface area contributed by atoms with Gasteiger partial charge in [-0.2, -0.15) is 0 Å². The average molecular weight is 398 g/mol. The van der Waals surface area contributed by atoms with Crippen LogP contribution in [0.15, 0.2) is 53.4 Å². The lowest BCUT2D eigenvalue weighted by atomic mass is 9.95. The van der Waals surface area contributed by atoms with Crippen LogP contribution in [0.25, 0.3) is 11.0 Å². The molecule has 0 spiro atoms. The van der Waals surface area contributed by atoms with Crippen LogP contribution in [0.4, 0.5) is 0 Å². The van der Waals surface area contributed by atoms with Crippen LogP contribution in [0.5, 0.6) is 0 Å². The van der Waals surface area contributed by atoms with Crippen molar-refractivity contribution in [3.63, 3.8) is 0 Å². The highest BCUT2D eigenvalue weighted by atomic mass is 32.2. The Bertz CT molecular complexity index is 1080. The molecule has 2 heterocycles. The normalized spacial score (nSPS) is 15.8. The van der Waals surface area contributed by atoms with Gasteiger partial charge in [-0.1, -0.05) is 31.2 Å². The van der Waals surface area contributed by atoms with E-state index in [1.54, 1.807) is 30.0 Å². The number of hydrogen-bond acceptors (Lipinski definition) is 4. The number of nitrogens with zero attached hydrogens (tertiary/aromatic N) is 2. The van der Waals surface area contributed by atoms with E-state index < -0.39 is 9.84 Å². The molecule has 4 rings (SSSR count). The second kappa shape index (κ2) is 7.39. The zero-order valence-corrected chi connectivity index (χ0v) is 16.6. The summed E-state index contributed by atoms with van der Waals surface area (Å²) in [7, 11) is -3.44. The minimum absolute atomic E-state index is 0.0224. The zero-order chi connectivity index (χ0) is 19.7. The Morgan fingerprint density at radius 1 is 1.11 bits per heavy atom. The Kier molecular flexibility index (Phi) is 4.93. The Hall–Kier alpha value is -2.67. The van der Waals surface area contributed by atoms with Gasteiger partial charge in [0, 0.05) is 19.0 Å². The van der Waals surface area contributed by atoms with E-state index in [2.05, 4.69) is 9.97 Å². The molecule has 1 saturated heterocycles. The first-order valence-corrected chi connectivity index (χ1v) is 11.2. The van der Waals surface area contributed by atoms with Crippen LogP contribution in [-0.2, 0) is 9.84 Å². The lowest BCUT2D eigenvalue weighted by molar-refractivity contribution is 0.0707. The van der Waals surface area contributed by atoms with Crippen LogP contribution in [-0.4, -0.2) is 48.0 Å². The Balaban J connectivity index is 1.50. The number of carbonyl (C=O) groups excluding carboxylic acids is 1. The fraction of sp³-hybridized carbons (Fsp3) is 0.333. The van der Waals surface area contributed by atoms with Crippen molar-refractivity contribution in [2.45, 2.75) is 30.6 Å². The van der Waals surface area contributed by atoms with Crippen molar-refractivity contribution in [2.75, 3.05) is 18.8 Å². The third-order valence-electron chi connectivity index (χ3n) is 5.41. The molecule has 28 heavy (non-hydrogen) atoms. The molecular weight excluding hydrogens is 374 g/mol. The fourth-order valence-electron chi connectivity index (χ4n) is 3.76. The first-order valence-electron chi connectivity index (χ1n) is 9.55. The number of H-pyrrole nitrogens is 1. The molecule has 0 saturated carbocycles. The van der Waals surface area contributed by atoms with Crippen LogP contribution in [0, 0.1) is 0 Å². The monoisotopic (exact) mass is 397 g/mol. The summed E-state index contributed by atoms with van der Waals surface area (Å²) in [6.07, 6.45) is 1.60. The number of hydrogen-bond donors (Lipinski definition) is 1. The van der Waals surface area contributed by atoms with Crippen molar-refractivity contribution in [3.05, 3.63) is 59.9 Å². The van der Waals surface area contributed by atoms with Crippen molar-refractivity contribution in [1.82, 2.24) is 14.9 Å². The molecule has 1 aliphatic rings. The molecule has 1 aromatic heterocycles. The van der Waals surface area contributed by atoms with Gasteiger partial charge in [0.1, 0.15) is 5.82 Å². The molecule has 1 aliphatic heterocycles. The number of piperidine rings is 1. The van der Waals surface area contributed by atoms with Gasteiger partial charge >= 0.3 is 0 Å². The largest absolute Gasteiger partial charge is 0.342 e. The van der Waals surface area contributed by atoms with Crippen LogP contribution in [0.3, 0.4) is 0 Å². The van der Waals surface area contributed by atoms with Gasteiger partial charge in [0.15, 0.2) is 9.84 Å². The maximum absolute atomic E-state index is 13.0. The number of aromatic amines is 1. The topological polar surface area (TPSA) is 83.1 Å². The molecule has 1 fully saturated rings. The van der Waals surface area contributed by atoms with Crippen molar-refractivity contribution in [1.29, 1.82) is 0 Å². The molecule has 0 aliphatic carbocycles. The summed E-state index contributed by atoms with van der Waals surface area (Å²) in [5.74, 6) is 0.995. The van der Waals surface area contributed by atoms with Gasteiger partial charge in [-0.05, 0) is 37.1 Å². The summed E-state index contributed by atoms with van der Waals surface area (Å²) in [5, 5.41) is 0. The highest BCUT2D eigenvalue weighted by Crippen LogP contribution is 2.29. The molecule has 7 heteroatoms. The van der Waals surface area contributed by atoms with Crippen molar-refractivity contribution in [2.24, 2.45) is 0 Å². The molecule has 6 nitrogen and oxygen atoms in total. The smallest absolute Gasteiger partial charge is 0.255 e. The Morgan fingerprint density at radius 2 is 1.79 bits per heavy atom. The van der Waals surface area contributed by atoms with Crippen LogP contribution < -0.4 is 0 Å². The summed E-state index contributed by atoms with van der Waals surface area (Å²) in [6.45, 7) is 2.76. The standard InChI is InChI=1S/C21H23N3O3S/c1-2-28(26,27)19-10-6-3-7-16(19)21(25)24-13-11-15(12-14-24)20-22-17-8-4-5-9-18(17)23-20/h3-10,15H,2,11-14H2,1H3,(H,22,23). The molecule has 3 aromatic rings. The van der Waals surface area contributed by atoms with Gasteiger partial charge in [-0.25, -0.2) is 13.4 Å². The van der Waals surface area contributed by atoms with E-state index in [1.165, 1.54) is 6.07 Å². The maximum atomic E-state index is 13.0. The predicted octanol–water partition coefficient (Wildman–Crippen LogP) is 3.38. The van der Waals surface area contributed by atoms with E-state index in [0.29, 0.717) is 13.1 Å². The number of imidazole rings is 1. The zero-order valence-electron chi connectivity index (χ0n) is 15.8. The number of carbonyl (C=O) groups is 1. The molecule has 0 atom stereocenters. The summed E-state index contributed by atoms with van der Waals surface area (Å²) in [5.41, 5.74) is 2.25. The first kappa shape index (κ1) is 18.7. The number of sulfone groups is 1. The van der Waals surface area contributed by atoms with E-state index in [-0.39, 0.29) is 28.0 Å². The van der Waals surface area contributed by atoms with Gasteiger partial charge in [-0.15, -0.1) is 0 Å². The minimum atomic E-state index is -3.44. The summed E-state index contributed by atoms with van der Waals surface area (Å²) in [4.78, 5) is 23.0. The van der Waals surface area contributed by atoms with Gasteiger partial charge in [0.25, 0.3) is 5.91 Å². The third-order valence-corrected chi connectivity index (χ3v) is 7.20. The lowest BCUT2D eigenvalue weighted by Crippen LogP contribution is -2.38. The van der Waals surface area contributed by atoms with Crippen LogP contribution >= 0.6 is 0 Å². The minimum Gasteiger partial charge on any atom is -0.342 e. The summed E-state index contributed by atoms with van der Waals surface area (Å²) < 4.78 is 24.7. The van der Waals surface area contributed by atoms with Gasteiger partial charge in [0.05, 0.1) is 27.2 Å². The highest BCUT2D eigenvalue weighted by Gasteiger charge is 2.29. The number of rotatable bonds is 4. The predicted molar refractivity (Wildman–Crippen MR) is 108 cm³/mol. The average Bonchev–Trinajstić information content (AvgIpc) is 3.17. The van der Waals surface area contributed by atoms with E-state index in [0.717, 1.165) is 29.7 Å². The number of nitrogens with one attached hydrogen (secondary N) is 1. The number of amides is 1. The molecule has 2 aromatic carbocycles. The van der Waals surface area contributed by atoms with Crippen LogP contribution in [0.2, 0.25) is 0 Å². The van der Waals surface area contributed by atoms with E-state index in [1.807, 2.05) is 24.3 Å². The lowest BCUT2D eigenvalue weighted by Gasteiger charge is -2.31. The quantitative estimate of drug-likeness (QED) is 0.732. The molecule has 0 unspecified atom stereocenters. The number of aromatic nitrogens is 2. The number of para-hydroxylation sites is 2. The molecular formula is C21H23N3O3S. The van der Waals surface area contributed by atoms with E-state index >= 15 is 0 Å². The SMILES string of the molecule is CCS(=O)(=O)c1ccccc1C(=O)N1CCC(c2nc3ccccc3[nH]2)CC1. The highest BCUT2D eigenvalue weighted by molar-refractivity contribution is 7.91. The second-order valence-electron chi connectivity index (χ2n) is 7.11. The van der Waals surface area contributed by atoms with Crippen LogP contribution in [0.1, 0.15) is 41.9 Å². The summed E-state index contributed by atoms with van der Waals surface area (Å²) >= 11 is 0. The fourth-order valence-corrected chi connectivity index (χ4v) is 4.85. The number of fused-ring (bicyclic) bond motifs is 1. The first-order chi connectivity index (χ1) is 13.5. The Labute approximate surface area is 164 Å². The van der Waals surface area contributed by atoms with E-state index in [4.69, 9.17) is 0 Å². The Morgan fingerprint density at radius 3 is 2.50 bits per heavy atom. The van der Waals surface area contributed by atoms with Crippen molar-refractivity contribution in [3.8, 4) is 0 Å². The second-order valence-corrected chi connectivity index (χ2v) is 9.35. The van der Waals surface area contributed by atoms with E-state index in [9.17, 15) is 13.2 Å². The molecule has 1 N–H and O–H groups in total. The molecule has 0 radical (unpaired) electrons. The molecule has 0 bridgehead atoms. The molecule has 1 amide bonds. The third kappa shape index (κ3) is 3.42. The van der Waals surface area contributed by atoms with Crippen molar-refractivity contribution >= 4 is 26.8 Å². The molecule has 146 valence electrons. The number of likely N-dealkylation sites (tertiary alicyclic amines) is 1. The van der Waals surface area contributed by atoms with Gasteiger partial charge < -0.3 is 9.88 Å². The van der Waals surface area contributed by atoms with Gasteiger partial charge in [-0.3, -0.25) is 4.79 Å². The van der Waals surface area contributed by atoms with Gasteiger partial charge in [0.2, 0.25) is 0 Å². The maximum Gasteiger partial charge on any atom is 0.255 e. The summed E-state index contributed by atoms with van der Waals surface area (Å²) in [6, 6.07) is 14.4.